The van der Waals surface area contributed by atoms with Gasteiger partial charge in [-0.25, -0.2) is 4.79 Å². The number of H-pyrrole nitrogens is 1. The zero-order chi connectivity index (χ0) is 23.6. The van der Waals surface area contributed by atoms with E-state index in [9.17, 15) is 4.79 Å². The lowest BCUT2D eigenvalue weighted by Gasteiger charge is -2.09. The molecule has 1 amide bonds. The number of amides is 1. The molecule has 1 aromatic heterocycles. The summed E-state index contributed by atoms with van der Waals surface area (Å²) in [6.07, 6.45) is -2.89. The van der Waals surface area contributed by atoms with E-state index in [0.717, 1.165) is 7.05 Å². The second-order valence-electron chi connectivity index (χ2n) is 4.65. The van der Waals surface area contributed by atoms with Crippen LogP contribution in [0.1, 0.15) is 24.8 Å². The summed E-state index contributed by atoms with van der Waals surface area (Å²) in [5, 5.41) is 2.37. The molecule has 5 heteroatoms. The monoisotopic (exact) mass is 297 g/mol. The smallest absolute Gasteiger partial charge is 0.407 e. The Bertz CT molecular complexity index is 1020. The number of hydrogen-bond donors (Lipinski definition) is 2. The molecule has 0 aliphatic carbocycles. The third-order valence-electron chi connectivity index (χ3n) is 3.01. The number of rotatable bonds is 5. The fraction of sp³-hybridized carbons (Fsp3) is 0.438. The van der Waals surface area contributed by atoms with Gasteiger partial charge in [0.15, 0.2) is 0 Å². The number of aromatic nitrogens is 1. The minimum Gasteiger partial charge on any atom is -0.447 e. The molecule has 0 unspecified atom stereocenters. The highest BCUT2D eigenvalue weighted by Gasteiger charge is 2.22. The Labute approximate surface area is 138 Å². The van der Waals surface area contributed by atoms with E-state index in [4.69, 9.17) is 13.7 Å². The van der Waals surface area contributed by atoms with Crippen molar-refractivity contribution in [2.75, 3.05) is 27.1 Å². The van der Waals surface area contributed by atoms with Gasteiger partial charge in [-0.1, -0.05) is 6.07 Å². The van der Waals surface area contributed by atoms with Crippen molar-refractivity contribution in [1.82, 2.24) is 15.2 Å². The van der Waals surface area contributed by atoms with Gasteiger partial charge in [-0.15, -0.1) is 0 Å². The van der Waals surface area contributed by atoms with Gasteiger partial charge in [0.05, 0.1) is 10.1 Å². The third kappa shape index (κ3) is 3.19. The van der Waals surface area contributed by atoms with Crippen LogP contribution in [-0.2, 0) is 17.5 Å². The summed E-state index contributed by atoms with van der Waals surface area (Å²) >= 11 is 0. The Kier molecular flexibility index (Phi) is 1.76. The molecule has 0 bridgehead atoms. The van der Waals surface area contributed by atoms with Crippen molar-refractivity contribution in [3.8, 4) is 0 Å². The van der Waals surface area contributed by atoms with Gasteiger partial charge in [0, 0.05) is 33.2 Å². The highest BCUT2D eigenvalue weighted by atomic mass is 16.6. The standard InChI is InChI=1S/C16H21N3O2/c1-19(2)6-5-12-9-17-15-4-3-11(8-14(12)15)7-13-10-21-16(20)18-13/h3-4,8-9,13,17H,5-7,10H2,1-2H3,(H,18,20)/t13-/m0/s1/i1D3,5D2,6D2,10D2,13D. The molecule has 1 atom stereocenters. The fourth-order valence-corrected chi connectivity index (χ4v) is 2.09. The minimum absolute atomic E-state index is 0.140. The number of aromatic amines is 1. The number of nitrogens with zero attached hydrogens (tertiary/aromatic N) is 1. The molecule has 1 fully saturated rings. The topological polar surface area (TPSA) is 57.4 Å². The first-order chi connectivity index (χ1) is 13.9. The van der Waals surface area contributed by atoms with Crippen molar-refractivity contribution in [2.45, 2.75) is 18.8 Å². The number of benzene rings is 1. The number of hydrogen-bond acceptors (Lipinski definition) is 3. The first kappa shape index (κ1) is 6.40. The van der Waals surface area contributed by atoms with Crippen molar-refractivity contribution in [2.24, 2.45) is 0 Å². The number of alkyl carbamates (subject to hydrolysis) is 1. The van der Waals surface area contributed by atoms with E-state index in [2.05, 4.69) is 15.0 Å². The summed E-state index contributed by atoms with van der Waals surface area (Å²) in [5.41, 5.74) is 0.654. The summed E-state index contributed by atoms with van der Waals surface area (Å²) < 4.78 is 83.8. The van der Waals surface area contributed by atoms with E-state index < -0.39 is 38.5 Å². The predicted molar refractivity (Wildman–Crippen MR) is 82.5 cm³/mol. The molecule has 3 rings (SSSR count). The normalized spacial score (nSPS) is 33.1. The van der Waals surface area contributed by atoms with E-state index in [1.807, 2.05) is 0 Å². The molecule has 1 aliphatic rings. The van der Waals surface area contributed by atoms with Crippen molar-refractivity contribution >= 4 is 17.0 Å². The van der Waals surface area contributed by atoms with Crippen LogP contribution >= 0.6 is 0 Å². The molecule has 5 nitrogen and oxygen atoms in total. The lowest BCUT2D eigenvalue weighted by Crippen LogP contribution is -2.28. The summed E-state index contributed by atoms with van der Waals surface area (Å²) in [7, 11) is 0.972. The predicted octanol–water partition coefficient (Wildman–Crippen LogP) is 1.92. The number of ether oxygens (including phenoxy) is 1. The molecule has 1 aromatic carbocycles. The highest BCUT2D eigenvalue weighted by Crippen LogP contribution is 2.21. The van der Waals surface area contributed by atoms with Crippen LogP contribution in [0.15, 0.2) is 24.4 Å². The van der Waals surface area contributed by atoms with Gasteiger partial charge in [-0.05, 0) is 50.1 Å². The molecule has 0 spiro atoms. The average Bonchev–Trinajstić information content (AvgIpc) is 3.10. The van der Waals surface area contributed by atoms with Crippen LogP contribution in [0, 0.1) is 0 Å². The zero-order valence-corrected chi connectivity index (χ0v) is 11.3. The number of likely N-dealkylation sites (N-methyl/N-ethyl adjacent to an activating group) is 1. The SMILES string of the molecule is [2H]C([2H])([2H])N(C)C([2H])([2H])C([2H])([2H])c1c[nH]c2ccc(C[C@]3([2H])NC(=O)OC3([2H])[2H])cc12. The van der Waals surface area contributed by atoms with Crippen molar-refractivity contribution in [3.63, 3.8) is 0 Å². The molecule has 2 N–H and O–H groups in total. The summed E-state index contributed by atoms with van der Waals surface area (Å²) in [5.74, 6) is 0. The van der Waals surface area contributed by atoms with E-state index in [0.29, 0.717) is 16.0 Å². The molecule has 2 aromatic rings. The maximum Gasteiger partial charge on any atom is 0.407 e. The molecular formula is C16H21N3O2. The molecule has 112 valence electrons. The Balaban J connectivity index is 2.03. The number of nitrogens with one attached hydrogen (secondary N) is 2. The first-order valence-corrected chi connectivity index (χ1v) is 6.28. The van der Waals surface area contributed by atoms with Crippen LogP contribution < -0.4 is 5.32 Å². The van der Waals surface area contributed by atoms with Crippen molar-refractivity contribution in [1.29, 1.82) is 0 Å². The Morgan fingerprint density at radius 2 is 2.57 bits per heavy atom. The summed E-state index contributed by atoms with van der Waals surface area (Å²) in [4.78, 5) is 14.6. The maximum absolute atomic E-state index is 11.4. The maximum atomic E-state index is 11.4. The van der Waals surface area contributed by atoms with Gasteiger partial charge < -0.3 is 19.9 Å². The van der Waals surface area contributed by atoms with Gasteiger partial charge >= 0.3 is 6.09 Å². The zero-order valence-electron chi connectivity index (χ0n) is 21.3. The number of cyclic esters (lactones) is 1. The summed E-state index contributed by atoms with van der Waals surface area (Å²) in [6, 6.07) is 2.42. The highest BCUT2D eigenvalue weighted by molar-refractivity contribution is 5.84. The third-order valence-corrected chi connectivity index (χ3v) is 3.01. The van der Waals surface area contributed by atoms with E-state index in [1.54, 1.807) is 12.1 Å². The van der Waals surface area contributed by atoms with Gasteiger partial charge in [-0.3, -0.25) is 0 Å². The van der Waals surface area contributed by atoms with Crippen molar-refractivity contribution in [3.05, 3.63) is 35.5 Å². The van der Waals surface area contributed by atoms with E-state index >= 15 is 0 Å². The Morgan fingerprint density at radius 3 is 3.33 bits per heavy atom. The van der Waals surface area contributed by atoms with Crippen LogP contribution in [-0.4, -0.2) is 49.1 Å². The van der Waals surface area contributed by atoms with Crippen LogP contribution in [0.4, 0.5) is 4.79 Å². The largest absolute Gasteiger partial charge is 0.447 e. The number of fused-ring (bicyclic) bond motifs is 1. The van der Waals surface area contributed by atoms with Gasteiger partial charge in [0.2, 0.25) is 0 Å². The Hall–Kier alpha value is -2.01. The summed E-state index contributed by atoms with van der Waals surface area (Å²) in [6.45, 7) is -8.39. The first-order valence-electron chi connectivity index (χ1n) is 11.3. The second-order valence-corrected chi connectivity index (χ2v) is 4.65. The quantitative estimate of drug-likeness (QED) is 0.886. The van der Waals surface area contributed by atoms with Crippen LogP contribution in [0.5, 0.6) is 0 Å². The van der Waals surface area contributed by atoms with Crippen LogP contribution in [0.3, 0.4) is 0 Å². The lowest BCUT2D eigenvalue weighted by atomic mass is 10.0. The Morgan fingerprint density at radius 1 is 1.67 bits per heavy atom. The number of carbonyl (C=O) groups is 1. The van der Waals surface area contributed by atoms with E-state index in [-0.39, 0.29) is 17.4 Å². The second kappa shape index (κ2) is 5.77. The number of carbonyl (C=O) groups excluding carboxylic acids is 1. The molecule has 1 aliphatic heterocycles. The van der Waals surface area contributed by atoms with Gasteiger partial charge in [-0.2, -0.15) is 0 Å². The number of aryl methyl sites for hydroxylation is 1. The van der Waals surface area contributed by atoms with Crippen molar-refractivity contribution < 1.29 is 23.2 Å². The molecule has 0 radical (unpaired) electrons. The van der Waals surface area contributed by atoms with Gasteiger partial charge in [0.25, 0.3) is 0 Å². The molecule has 2 heterocycles. The average molecular weight is 297 g/mol. The van der Waals surface area contributed by atoms with Crippen LogP contribution in [0.25, 0.3) is 10.9 Å². The van der Waals surface area contributed by atoms with Gasteiger partial charge in [0.1, 0.15) is 6.56 Å². The molecule has 0 saturated carbocycles. The van der Waals surface area contributed by atoms with Crippen LogP contribution in [0.2, 0.25) is 0 Å². The molecule has 1 saturated heterocycles. The van der Waals surface area contributed by atoms with E-state index in [1.165, 1.54) is 12.3 Å². The molecule has 21 heavy (non-hydrogen) atoms. The molecular weight excluding hydrogens is 266 g/mol. The minimum atomic E-state index is -2.91. The lowest BCUT2D eigenvalue weighted by molar-refractivity contribution is 0.177. The fourth-order valence-electron chi connectivity index (χ4n) is 2.09.